The third kappa shape index (κ3) is 2.59. The highest BCUT2D eigenvalue weighted by Gasteiger charge is 2.26. The van der Waals surface area contributed by atoms with E-state index in [2.05, 4.69) is 15.3 Å². The van der Waals surface area contributed by atoms with Crippen molar-refractivity contribution in [1.29, 1.82) is 0 Å². The number of para-hydroxylation sites is 2. The molecule has 0 atom stereocenters. The zero-order chi connectivity index (χ0) is 11.6. The molecule has 3 nitrogen and oxygen atoms in total. The van der Waals surface area contributed by atoms with Gasteiger partial charge in [0, 0.05) is 0 Å². The van der Waals surface area contributed by atoms with Crippen LogP contribution in [0.15, 0.2) is 30.5 Å². The number of halogens is 3. The van der Waals surface area contributed by atoms with Crippen LogP contribution < -0.4 is 5.32 Å². The molecule has 0 unspecified atom stereocenters. The maximum Gasteiger partial charge on any atom is 0.405 e. The molecule has 1 heterocycles. The van der Waals surface area contributed by atoms with Gasteiger partial charge in [-0.2, -0.15) is 13.2 Å². The summed E-state index contributed by atoms with van der Waals surface area (Å²) in [6.07, 6.45) is -2.97. The van der Waals surface area contributed by atoms with E-state index >= 15 is 0 Å². The smallest absolute Gasteiger partial charge is 0.360 e. The quantitative estimate of drug-likeness (QED) is 0.856. The van der Waals surface area contributed by atoms with Gasteiger partial charge in [0.2, 0.25) is 0 Å². The fourth-order valence-corrected chi connectivity index (χ4v) is 1.23. The molecule has 6 heteroatoms. The third-order valence-corrected chi connectivity index (χ3v) is 1.92. The highest BCUT2D eigenvalue weighted by atomic mass is 19.4. The van der Waals surface area contributed by atoms with Crippen molar-refractivity contribution < 1.29 is 13.2 Å². The van der Waals surface area contributed by atoms with Crippen LogP contribution in [0.5, 0.6) is 0 Å². The van der Waals surface area contributed by atoms with Crippen LogP contribution in [0.4, 0.5) is 19.0 Å². The number of rotatable bonds is 2. The van der Waals surface area contributed by atoms with Gasteiger partial charge in [-0.1, -0.05) is 12.1 Å². The minimum atomic E-state index is -4.26. The van der Waals surface area contributed by atoms with Crippen molar-refractivity contribution in [3.05, 3.63) is 30.5 Å². The molecule has 0 bridgehead atoms. The highest BCUT2D eigenvalue weighted by molar-refractivity contribution is 5.75. The summed E-state index contributed by atoms with van der Waals surface area (Å²) >= 11 is 0. The predicted octanol–water partition coefficient (Wildman–Crippen LogP) is 2.60. The monoisotopic (exact) mass is 227 g/mol. The van der Waals surface area contributed by atoms with E-state index in [-0.39, 0.29) is 5.82 Å². The van der Waals surface area contributed by atoms with Crippen LogP contribution in [0.3, 0.4) is 0 Å². The van der Waals surface area contributed by atoms with Crippen LogP contribution in [0, 0.1) is 0 Å². The van der Waals surface area contributed by atoms with Crippen molar-refractivity contribution in [2.75, 3.05) is 11.9 Å². The van der Waals surface area contributed by atoms with E-state index in [1.807, 2.05) is 0 Å². The summed E-state index contributed by atoms with van der Waals surface area (Å²) in [5.74, 6) is 0.121. The molecule has 16 heavy (non-hydrogen) atoms. The van der Waals surface area contributed by atoms with Gasteiger partial charge in [-0.25, -0.2) is 4.98 Å². The van der Waals surface area contributed by atoms with Gasteiger partial charge >= 0.3 is 6.18 Å². The van der Waals surface area contributed by atoms with Gasteiger partial charge in [0.15, 0.2) is 0 Å². The molecule has 1 N–H and O–H groups in total. The van der Waals surface area contributed by atoms with E-state index in [1.54, 1.807) is 24.3 Å². The van der Waals surface area contributed by atoms with Gasteiger partial charge in [0.25, 0.3) is 0 Å². The summed E-state index contributed by atoms with van der Waals surface area (Å²) in [5, 5.41) is 2.18. The maximum absolute atomic E-state index is 11.9. The predicted molar refractivity (Wildman–Crippen MR) is 54.1 cm³/mol. The van der Waals surface area contributed by atoms with Crippen molar-refractivity contribution in [2.45, 2.75) is 6.18 Å². The zero-order valence-corrected chi connectivity index (χ0v) is 8.12. The SMILES string of the molecule is FC(F)(F)CNc1cnc2ccccc2n1. The number of hydrogen-bond acceptors (Lipinski definition) is 3. The first-order valence-corrected chi connectivity index (χ1v) is 4.57. The third-order valence-electron chi connectivity index (χ3n) is 1.92. The van der Waals surface area contributed by atoms with Gasteiger partial charge < -0.3 is 5.32 Å². The molecule has 2 rings (SSSR count). The summed E-state index contributed by atoms with van der Waals surface area (Å²) in [6, 6.07) is 6.99. The fourth-order valence-electron chi connectivity index (χ4n) is 1.23. The average Bonchev–Trinajstić information content (AvgIpc) is 2.25. The van der Waals surface area contributed by atoms with Gasteiger partial charge in [0.1, 0.15) is 12.4 Å². The number of nitrogens with one attached hydrogen (secondary N) is 1. The minimum Gasteiger partial charge on any atom is -0.360 e. The van der Waals surface area contributed by atoms with Gasteiger partial charge in [0.05, 0.1) is 17.2 Å². The normalized spacial score (nSPS) is 11.7. The van der Waals surface area contributed by atoms with E-state index in [0.29, 0.717) is 11.0 Å². The highest BCUT2D eigenvalue weighted by Crippen LogP contribution is 2.16. The molecular weight excluding hydrogens is 219 g/mol. The summed E-state index contributed by atoms with van der Waals surface area (Å²) in [6.45, 7) is -1.11. The molecule has 84 valence electrons. The first-order chi connectivity index (χ1) is 7.54. The molecule has 0 saturated carbocycles. The summed E-state index contributed by atoms with van der Waals surface area (Å²) in [5.41, 5.74) is 1.22. The minimum absolute atomic E-state index is 0.121. The van der Waals surface area contributed by atoms with Gasteiger partial charge in [-0.15, -0.1) is 0 Å². The van der Waals surface area contributed by atoms with Crippen LogP contribution in [-0.2, 0) is 0 Å². The lowest BCUT2D eigenvalue weighted by atomic mass is 10.3. The lowest BCUT2D eigenvalue weighted by Gasteiger charge is -2.08. The van der Waals surface area contributed by atoms with Crippen LogP contribution in [0.1, 0.15) is 0 Å². The summed E-state index contributed by atoms with van der Waals surface area (Å²) in [4.78, 5) is 7.99. The number of aromatic nitrogens is 2. The molecule has 0 aliphatic rings. The maximum atomic E-state index is 11.9. The number of benzene rings is 1. The molecule has 0 saturated heterocycles. The summed E-state index contributed by atoms with van der Waals surface area (Å²) < 4.78 is 35.8. The van der Waals surface area contributed by atoms with Crippen LogP contribution in [0.25, 0.3) is 11.0 Å². The topological polar surface area (TPSA) is 37.8 Å². The number of hydrogen-bond donors (Lipinski definition) is 1. The Morgan fingerprint density at radius 1 is 1.12 bits per heavy atom. The van der Waals surface area contributed by atoms with Gasteiger partial charge in [-0.3, -0.25) is 4.98 Å². The Morgan fingerprint density at radius 2 is 1.81 bits per heavy atom. The lowest BCUT2D eigenvalue weighted by Crippen LogP contribution is -2.21. The number of alkyl halides is 3. The molecule has 0 aliphatic heterocycles. The largest absolute Gasteiger partial charge is 0.405 e. The van der Waals surface area contributed by atoms with Crippen molar-refractivity contribution in [2.24, 2.45) is 0 Å². The lowest BCUT2D eigenvalue weighted by molar-refractivity contribution is -0.115. The van der Waals surface area contributed by atoms with E-state index in [1.165, 1.54) is 6.20 Å². The second-order valence-electron chi connectivity index (χ2n) is 3.21. The molecule has 0 spiro atoms. The van der Waals surface area contributed by atoms with Crippen molar-refractivity contribution in [3.63, 3.8) is 0 Å². The van der Waals surface area contributed by atoms with Crippen molar-refractivity contribution in [1.82, 2.24) is 9.97 Å². The number of fused-ring (bicyclic) bond motifs is 1. The van der Waals surface area contributed by atoms with Crippen LogP contribution >= 0.6 is 0 Å². The Morgan fingerprint density at radius 3 is 2.50 bits per heavy atom. The molecule has 1 aromatic heterocycles. The Bertz CT molecular complexity index is 496. The van der Waals surface area contributed by atoms with E-state index in [4.69, 9.17) is 0 Å². The molecule has 0 fully saturated rings. The van der Waals surface area contributed by atoms with Crippen LogP contribution in [0.2, 0.25) is 0 Å². The first-order valence-electron chi connectivity index (χ1n) is 4.57. The van der Waals surface area contributed by atoms with E-state index < -0.39 is 12.7 Å². The standard InChI is InChI=1S/C10H8F3N3/c11-10(12,13)6-15-9-5-14-7-3-1-2-4-8(7)16-9/h1-5H,6H2,(H,15,16). The molecule has 0 amide bonds. The van der Waals surface area contributed by atoms with E-state index in [0.717, 1.165) is 0 Å². The second-order valence-corrected chi connectivity index (χ2v) is 3.21. The Balaban J connectivity index is 2.20. The van der Waals surface area contributed by atoms with Gasteiger partial charge in [-0.05, 0) is 12.1 Å². The molecule has 1 aromatic carbocycles. The van der Waals surface area contributed by atoms with E-state index in [9.17, 15) is 13.2 Å². The Kier molecular flexibility index (Phi) is 2.64. The second kappa shape index (κ2) is 3.96. The number of nitrogens with zero attached hydrogens (tertiary/aromatic N) is 2. The first kappa shape index (κ1) is 10.7. The summed E-state index contributed by atoms with van der Waals surface area (Å²) in [7, 11) is 0. The molecule has 0 radical (unpaired) electrons. The fraction of sp³-hybridized carbons (Fsp3) is 0.200. The molecule has 0 aliphatic carbocycles. The molecular formula is C10H8F3N3. The Labute approximate surface area is 89.3 Å². The average molecular weight is 227 g/mol. The zero-order valence-electron chi connectivity index (χ0n) is 8.12. The molecule has 2 aromatic rings. The van der Waals surface area contributed by atoms with Crippen molar-refractivity contribution >= 4 is 16.9 Å². The van der Waals surface area contributed by atoms with Crippen LogP contribution in [-0.4, -0.2) is 22.7 Å². The number of anilines is 1. The Hall–Kier alpha value is -1.85. The van der Waals surface area contributed by atoms with Crippen molar-refractivity contribution in [3.8, 4) is 0 Å².